The third kappa shape index (κ3) is 3.65. The SMILES string of the molecule is O=C(Cn1nc2n(Cc3ccco3)c(=O)c3sccc3n2c1=O)NCCc1ccccc1. The smallest absolute Gasteiger partial charge is 0.352 e. The van der Waals surface area contributed by atoms with Gasteiger partial charge in [-0.2, -0.15) is 0 Å². The average Bonchev–Trinajstić information content (AvgIpc) is 3.53. The number of aromatic nitrogens is 4. The summed E-state index contributed by atoms with van der Waals surface area (Å²) in [5.41, 5.74) is 0.851. The van der Waals surface area contributed by atoms with Gasteiger partial charge in [-0.15, -0.1) is 16.4 Å². The van der Waals surface area contributed by atoms with Crippen LogP contribution in [0, 0.1) is 0 Å². The number of rotatable bonds is 7. The predicted molar refractivity (Wildman–Crippen MR) is 120 cm³/mol. The number of fused-ring (bicyclic) bond motifs is 3. The molecule has 5 aromatic rings. The Morgan fingerprint density at radius 2 is 1.94 bits per heavy atom. The van der Waals surface area contributed by atoms with E-state index in [2.05, 4.69) is 10.4 Å². The number of hydrogen-bond donors (Lipinski definition) is 1. The van der Waals surface area contributed by atoms with Crippen LogP contribution in [0.1, 0.15) is 11.3 Å². The first-order valence-corrected chi connectivity index (χ1v) is 10.9. The van der Waals surface area contributed by atoms with Gasteiger partial charge in [-0.1, -0.05) is 30.3 Å². The molecule has 0 aliphatic rings. The van der Waals surface area contributed by atoms with Gasteiger partial charge in [0.1, 0.15) is 17.0 Å². The highest BCUT2D eigenvalue weighted by Crippen LogP contribution is 2.18. The Labute approximate surface area is 185 Å². The molecule has 0 spiro atoms. The molecule has 10 heteroatoms. The monoisotopic (exact) mass is 449 g/mol. The lowest BCUT2D eigenvalue weighted by Gasteiger charge is -2.05. The van der Waals surface area contributed by atoms with Gasteiger partial charge in [-0.3, -0.25) is 14.2 Å². The van der Waals surface area contributed by atoms with E-state index >= 15 is 0 Å². The third-order valence-corrected chi connectivity index (χ3v) is 6.05. The predicted octanol–water partition coefficient (Wildman–Crippen LogP) is 1.87. The summed E-state index contributed by atoms with van der Waals surface area (Å²) in [4.78, 5) is 38.6. The van der Waals surface area contributed by atoms with Crippen molar-refractivity contribution in [1.29, 1.82) is 0 Å². The molecular formula is C22H19N5O4S. The summed E-state index contributed by atoms with van der Waals surface area (Å²) >= 11 is 1.26. The van der Waals surface area contributed by atoms with E-state index in [-0.39, 0.29) is 30.3 Å². The van der Waals surface area contributed by atoms with Gasteiger partial charge >= 0.3 is 5.69 Å². The van der Waals surface area contributed by atoms with Crippen LogP contribution in [0.3, 0.4) is 0 Å². The van der Waals surface area contributed by atoms with Crippen molar-refractivity contribution < 1.29 is 9.21 Å². The zero-order valence-electron chi connectivity index (χ0n) is 16.9. The molecule has 0 unspecified atom stereocenters. The molecule has 5 rings (SSSR count). The molecule has 0 atom stereocenters. The molecule has 0 aliphatic carbocycles. The van der Waals surface area contributed by atoms with Crippen LogP contribution in [-0.4, -0.2) is 31.2 Å². The molecule has 0 aliphatic heterocycles. The largest absolute Gasteiger partial charge is 0.467 e. The van der Waals surface area contributed by atoms with Gasteiger partial charge in [0, 0.05) is 6.54 Å². The maximum absolute atomic E-state index is 13.1. The molecule has 0 saturated carbocycles. The Kier molecular flexibility index (Phi) is 5.20. The Hall–Kier alpha value is -3.92. The molecule has 1 aromatic carbocycles. The lowest BCUT2D eigenvalue weighted by molar-refractivity contribution is -0.121. The number of nitrogens with one attached hydrogen (secondary N) is 1. The van der Waals surface area contributed by atoms with Gasteiger partial charge in [0.25, 0.3) is 5.56 Å². The molecule has 1 amide bonds. The van der Waals surface area contributed by atoms with Gasteiger partial charge in [0.05, 0.1) is 18.3 Å². The van der Waals surface area contributed by atoms with Crippen molar-refractivity contribution in [3.63, 3.8) is 0 Å². The topological polar surface area (TPSA) is 104 Å². The fraction of sp³-hybridized carbons (Fsp3) is 0.182. The normalized spacial score (nSPS) is 11.4. The van der Waals surface area contributed by atoms with Crippen molar-refractivity contribution in [2.75, 3.05) is 6.54 Å². The zero-order chi connectivity index (χ0) is 22.1. The summed E-state index contributed by atoms with van der Waals surface area (Å²) in [5, 5.41) is 8.89. The minimum Gasteiger partial charge on any atom is -0.467 e. The van der Waals surface area contributed by atoms with Gasteiger partial charge in [0.2, 0.25) is 11.7 Å². The highest BCUT2D eigenvalue weighted by Gasteiger charge is 2.20. The average molecular weight is 449 g/mol. The van der Waals surface area contributed by atoms with E-state index in [1.54, 1.807) is 23.6 Å². The van der Waals surface area contributed by atoms with E-state index in [0.29, 0.717) is 28.9 Å². The van der Waals surface area contributed by atoms with E-state index in [9.17, 15) is 14.4 Å². The molecule has 0 saturated heterocycles. The standard InChI is InChI=1S/C22H19N5O4S/c28-18(23-10-8-15-5-2-1-3-6-15)14-26-22(30)27-17-9-12-32-19(17)20(29)25(21(27)24-26)13-16-7-4-11-31-16/h1-7,9,11-12H,8,10,13-14H2,(H,23,28). The maximum atomic E-state index is 13.1. The molecule has 32 heavy (non-hydrogen) atoms. The Bertz CT molecular complexity index is 1510. The number of amides is 1. The molecule has 162 valence electrons. The minimum absolute atomic E-state index is 0.128. The number of hydrogen-bond acceptors (Lipinski definition) is 6. The van der Waals surface area contributed by atoms with E-state index in [4.69, 9.17) is 4.42 Å². The Balaban J connectivity index is 1.45. The highest BCUT2D eigenvalue weighted by molar-refractivity contribution is 7.17. The second-order valence-electron chi connectivity index (χ2n) is 7.27. The first kappa shape index (κ1) is 20.0. The van der Waals surface area contributed by atoms with Gasteiger partial charge in [-0.05, 0) is 35.6 Å². The van der Waals surface area contributed by atoms with Crippen LogP contribution in [0.15, 0.2) is 74.2 Å². The molecular weight excluding hydrogens is 430 g/mol. The number of benzene rings is 1. The van der Waals surface area contributed by atoms with Crippen LogP contribution in [0.2, 0.25) is 0 Å². The third-order valence-electron chi connectivity index (χ3n) is 5.15. The second kappa shape index (κ2) is 8.31. The van der Waals surface area contributed by atoms with E-state index in [0.717, 1.165) is 10.2 Å². The Morgan fingerprint density at radius 3 is 2.72 bits per heavy atom. The van der Waals surface area contributed by atoms with Gasteiger partial charge < -0.3 is 9.73 Å². The molecule has 4 aromatic heterocycles. The molecule has 0 radical (unpaired) electrons. The van der Waals surface area contributed by atoms with Crippen LogP contribution < -0.4 is 16.6 Å². The number of thiophene rings is 1. The fourth-order valence-electron chi connectivity index (χ4n) is 3.62. The first-order valence-electron chi connectivity index (χ1n) is 10.0. The van der Waals surface area contributed by atoms with Crippen molar-refractivity contribution in [2.45, 2.75) is 19.5 Å². The lowest BCUT2D eigenvalue weighted by atomic mass is 10.1. The first-order chi connectivity index (χ1) is 15.6. The fourth-order valence-corrected chi connectivity index (χ4v) is 4.44. The summed E-state index contributed by atoms with van der Waals surface area (Å²) in [6.07, 6.45) is 2.21. The number of carbonyl (C=O) groups excluding carboxylic acids is 1. The van der Waals surface area contributed by atoms with Crippen LogP contribution in [0.4, 0.5) is 0 Å². The quantitative estimate of drug-likeness (QED) is 0.409. The molecule has 4 heterocycles. The van der Waals surface area contributed by atoms with Crippen molar-refractivity contribution >= 4 is 33.2 Å². The van der Waals surface area contributed by atoms with Crippen LogP contribution in [-0.2, 0) is 24.3 Å². The molecule has 0 fully saturated rings. The second-order valence-corrected chi connectivity index (χ2v) is 8.18. The summed E-state index contributed by atoms with van der Waals surface area (Å²) in [6.45, 7) is 0.335. The summed E-state index contributed by atoms with van der Waals surface area (Å²) in [6, 6.07) is 15.0. The number of carbonyl (C=O) groups is 1. The van der Waals surface area contributed by atoms with Crippen molar-refractivity contribution in [3.8, 4) is 0 Å². The molecule has 0 bridgehead atoms. The van der Waals surface area contributed by atoms with Gasteiger partial charge in [-0.25, -0.2) is 13.9 Å². The van der Waals surface area contributed by atoms with Crippen molar-refractivity contribution in [2.24, 2.45) is 0 Å². The van der Waals surface area contributed by atoms with Gasteiger partial charge in [0.15, 0.2) is 0 Å². The number of furan rings is 1. The van der Waals surface area contributed by atoms with Crippen LogP contribution in [0.5, 0.6) is 0 Å². The molecule has 1 N–H and O–H groups in total. The van der Waals surface area contributed by atoms with Crippen molar-refractivity contribution in [1.82, 2.24) is 24.1 Å². The maximum Gasteiger partial charge on any atom is 0.352 e. The molecule has 9 nitrogen and oxygen atoms in total. The van der Waals surface area contributed by atoms with Crippen molar-refractivity contribution in [3.05, 3.63) is 92.3 Å². The van der Waals surface area contributed by atoms with E-state index < -0.39 is 5.69 Å². The summed E-state index contributed by atoms with van der Waals surface area (Å²) < 4.78 is 9.66. The Morgan fingerprint density at radius 1 is 1.09 bits per heavy atom. The highest BCUT2D eigenvalue weighted by atomic mass is 32.1. The summed E-state index contributed by atoms with van der Waals surface area (Å²) in [7, 11) is 0. The van der Waals surface area contributed by atoms with E-state index in [1.807, 2.05) is 30.3 Å². The lowest BCUT2D eigenvalue weighted by Crippen LogP contribution is -2.33. The van der Waals surface area contributed by atoms with E-state index in [1.165, 1.54) is 26.6 Å². The van der Waals surface area contributed by atoms with Crippen LogP contribution in [0.25, 0.3) is 16.0 Å². The zero-order valence-corrected chi connectivity index (χ0v) is 17.7. The summed E-state index contributed by atoms with van der Waals surface area (Å²) in [5.74, 6) is 0.401. The minimum atomic E-state index is -0.477. The van der Waals surface area contributed by atoms with Crippen LogP contribution >= 0.6 is 11.3 Å². The number of nitrogens with zero attached hydrogens (tertiary/aromatic N) is 4.